The van der Waals surface area contributed by atoms with Gasteiger partial charge in [-0.2, -0.15) is 0 Å². The van der Waals surface area contributed by atoms with E-state index in [1.807, 2.05) is 38.1 Å². The van der Waals surface area contributed by atoms with Crippen LogP contribution in [-0.2, 0) is 26.6 Å². The van der Waals surface area contributed by atoms with Crippen LogP contribution >= 0.6 is 0 Å². The molecule has 0 saturated heterocycles. The van der Waals surface area contributed by atoms with Crippen LogP contribution in [-0.4, -0.2) is 31.9 Å². The molecule has 0 unspecified atom stereocenters. The lowest BCUT2D eigenvalue weighted by Gasteiger charge is -2.25. The molecule has 0 spiro atoms. The van der Waals surface area contributed by atoms with Crippen LogP contribution in [0.3, 0.4) is 0 Å². The van der Waals surface area contributed by atoms with Crippen molar-refractivity contribution < 1.29 is 19.4 Å². The smallest absolute Gasteiger partial charge is 0.404 e. The molecule has 0 atom stereocenters. The summed E-state index contributed by atoms with van der Waals surface area (Å²) in [4.78, 5) is 28.1. The summed E-state index contributed by atoms with van der Waals surface area (Å²) in [5, 5.41) is 16.1. The van der Waals surface area contributed by atoms with Gasteiger partial charge in [0.1, 0.15) is 12.2 Å². The summed E-state index contributed by atoms with van der Waals surface area (Å²) in [6, 6.07) is 8.04. The first-order valence-corrected chi connectivity index (χ1v) is 11.4. The number of carboxylic acid groups (broad SMARTS) is 1. The van der Waals surface area contributed by atoms with Gasteiger partial charge in [-0.25, -0.2) is 4.79 Å². The average molecular weight is 480 g/mol. The Labute approximate surface area is 205 Å². The molecule has 2 amide bonds. The Morgan fingerprint density at radius 3 is 2.37 bits per heavy atom. The van der Waals surface area contributed by atoms with Crippen molar-refractivity contribution in [2.45, 2.75) is 54.2 Å². The van der Waals surface area contributed by atoms with Gasteiger partial charge >= 0.3 is 6.09 Å². The van der Waals surface area contributed by atoms with E-state index >= 15 is 0 Å². The predicted molar refractivity (Wildman–Crippen MR) is 133 cm³/mol. The summed E-state index contributed by atoms with van der Waals surface area (Å²) in [7, 11) is 1.68. The van der Waals surface area contributed by atoms with Crippen molar-refractivity contribution in [1.82, 2.24) is 20.1 Å². The number of pyridine rings is 1. The number of nitrogens with two attached hydrogens (primary N) is 1. The van der Waals surface area contributed by atoms with Crippen LogP contribution < -0.4 is 15.8 Å². The highest BCUT2D eigenvalue weighted by Crippen LogP contribution is 2.35. The van der Waals surface area contributed by atoms with Gasteiger partial charge in [0.2, 0.25) is 5.88 Å². The normalized spacial score (nSPS) is 11.4. The van der Waals surface area contributed by atoms with Gasteiger partial charge in [0.25, 0.3) is 5.91 Å². The van der Waals surface area contributed by atoms with Crippen molar-refractivity contribution in [2.75, 3.05) is 0 Å². The lowest BCUT2D eigenvalue weighted by Crippen LogP contribution is -2.24. The quantitative estimate of drug-likeness (QED) is 0.445. The van der Waals surface area contributed by atoms with E-state index in [0.717, 1.165) is 39.2 Å². The zero-order chi connectivity index (χ0) is 25.9. The number of hydrogen-bond acceptors (Lipinski definition) is 5. The second-order valence-corrected chi connectivity index (χ2v) is 9.91. The van der Waals surface area contributed by atoms with E-state index in [-0.39, 0.29) is 30.0 Å². The summed E-state index contributed by atoms with van der Waals surface area (Å²) < 4.78 is 7.45. The molecule has 3 rings (SSSR count). The number of aromatic nitrogens is 3. The molecule has 4 N–H and O–H groups in total. The minimum Gasteiger partial charge on any atom is -0.471 e. The van der Waals surface area contributed by atoms with Crippen LogP contribution in [0, 0.1) is 19.3 Å². The number of amides is 2. The number of carbonyl (C=O) groups excluding carboxylic acids is 1. The lowest BCUT2D eigenvalue weighted by molar-refractivity contribution is 0.0995. The largest absolute Gasteiger partial charge is 0.471 e. The molecule has 9 nitrogen and oxygen atoms in total. The SMILES string of the molecule is Cc1ccc(-c2c(COc3nn(C)cc3C(N)=O)c(C)nc(CC(C)(C)C)c2CNC(=O)O)cc1. The first-order chi connectivity index (χ1) is 16.4. The van der Waals surface area contributed by atoms with E-state index < -0.39 is 12.0 Å². The number of aryl methyl sites for hydroxylation is 3. The number of carbonyl (C=O) groups is 2. The molecule has 186 valence electrons. The topological polar surface area (TPSA) is 132 Å². The van der Waals surface area contributed by atoms with Gasteiger partial charge in [-0.3, -0.25) is 14.5 Å². The van der Waals surface area contributed by atoms with Crippen LogP contribution in [0.2, 0.25) is 0 Å². The molecule has 0 aliphatic heterocycles. The number of nitrogens with one attached hydrogen (secondary N) is 1. The summed E-state index contributed by atoms with van der Waals surface area (Å²) in [6.07, 6.45) is 1.06. The van der Waals surface area contributed by atoms with Crippen LogP contribution in [0.4, 0.5) is 4.79 Å². The first-order valence-electron chi connectivity index (χ1n) is 11.4. The predicted octanol–water partition coefficient (Wildman–Crippen LogP) is 4.13. The van der Waals surface area contributed by atoms with Gasteiger partial charge in [0.15, 0.2) is 0 Å². The van der Waals surface area contributed by atoms with Gasteiger partial charge in [0.05, 0.1) is 0 Å². The van der Waals surface area contributed by atoms with E-state index in [2.05, 4.69) is 31.2 Å². The third kappa shape index (κ3) is 6.38. The second kappa shape index (κ2) is 10.2. The minimum atomic E-state index is -1.11. The third-order valence-corrected chi connectivity index (χ3v) is 5.56. The summed E-state index contributed by atoms with van der Waals surface area (Å²) in [6.45, 7) is 10.4. The van der Waals surface area contributed by atoms with E-state index in [1.165, 1.54) is 10.9 Å². The average Bonchev–Trinajstić information content (AvgIpc) is 3.12. The molecule has 1 aromatic carbocycles. The van der Waals surface area contributed by atoms with E-state index in [1.54, 1.807) is 7.05 Å². The number of primary amides is 1. The molecule has 0 saturated carbocycles. The zero-order valence-corrected chi connectivity index (χ0v) is 21.1. The number of benzene rings is 1. The molecule has 0 radical (unpaired) electrons. The van der Waals surface area contributed by atoms with Crippen molar-refractivity contribution in [3.63, 3.8) is 0 Å². The van der Waals surface area contributed by atoms with Gasteiger partial charge in [-0.1, -0.05) is 50.6 Å². The first kappa shape index (κ1) is 25.7. The highest BCUT2D eigenvalue weighted by molar-refractivity contribution is 5.94. The third-order valence-electron chi connectivity index (χ3n) is 5.56. The van der Waals surface area contributed by atoms with Crippen molar-refractivity contribution in [1.29, 1.82) is 0 Å². The fraction of sp³-hybridized carbons (Fsp3) is 0.385. The van der Waals surface area contributed by atoms with Crippen LogP contribution in [0.25, 0.3) is 11.1 Å². The number of ether oxygens (including phenoxy) is 1. The van der Waals surface area contributed by atoms with E-state index in [4.69, 9.17) is 15.5 Å². The monoisotopic (exact) mass is 479 g/mol. The number of nitrogens with zero attached hydrogens (tertiary/aromatic N) is 3. The Morgan fingerprint density at radius 1 is 1.14 bits per heavy atom. The Kier molecular flexibility index (Phi) is 7.48. The highest BCUT2D eigenvalue weighted by atomic mass is 16.5. The van der Waals surface area contributed by atoms with E-state index in [9.17, 15) is 14.7 Å². The van der Waals surface area contributed by atoms with Gasteiger partial charge in [0, 0.05) is 42.3 Å². The van der Waals surface area contributed by atoms with Crippen LogP contribution in [0.1, 0.15) is 59.2 Å². The molecule has 0 aliphatic carbocycles. The van der Waals surface area contributed by atoms with Crippen molar-refractivity contribution in [3.8, 4) is 17.0 Å². The highest BCUT2D eigenvalue weighted by Gasteiger charge is 2.24. The Morgan fingerprint density at radius 2 is 1.80 bits per heavy atom. The summed E-state index contributed by atoms with van der Waals surface area (Å²) in [5.74, 6) is -0.494. The summed E-state index contributed by atoms with van der Waals surface area (Å²) in [5.41, 5.74) is 11.7. The number of rotatable bonds is 8. The van der Waals surface area contributed by atoms with Crippen molar-refractivity contribution >= 4 is 12.0 Å². The van der Waals surface area contributed by atoms with Crippen LogP contribution in [0.5, 0.6) is 5.88 Å². The van der Waals surface area contributed by atoms with Crippen molar-refractivity contribution in [2.24, 2.45) is 18.2 Å². The maximum absolute atomic E-state index is 11.8. The fourth-order valence-corrected chi connectivity index (χ4v) is 3.98. The summed E-state index contributed by atoms with van der Waals surface area (Å²) >= 11 is 0. The Balaban J connectivity index is 2.19. The molecule has 2 aromatic heterocycles. The molecule has 35 heavy (non-hydrogen) atoms. The van der Waals surface area contributed by atoms with Gasteiger partial charge < -0.3 is 20.9 Å². The number of hydrogen-bond donors (Lipinski definition) is 3. The molecule has 3 aromatic rings. The standard InChI is InChI=1S/C26H33N5O4/c1-15-7-9-17(10-8-15)22-18(12-28-25(33)34)21(11-26(3,4)5)29-16(2)20(22)14-35-24-19(23(27)32)13-31(6)30-24/h7-10,13,28H,11-12,14H2,1-6H3,(H2,27,32)(H,33,34). The van der Waals surface area contributed by atoms with Gasteiger partial charge in [-0.15, -0.1) is 5.10 Å². The van der Waals surface area contributed by atoms with E-state index in [0.29, 0.717) is 6.42 Å². The Hall–Kier alpha value is -3.88. The van der Waals surface area contributed by atoms with Crippen molar-refractivity contribution in [3.05, 3.63) is 64.1 Å². The Bertz CT molecular complexity index is 1240. The zero-order valence-electron chi connectivity index (χ0n) is 21.1. The molecular formula is C26H33N5O4. The molecule has 0 fully saturated rings. The second-order valence-electron chi connectivity index (χ2n) is 9.91. The fourth-order valence-electron chi connectivity index (χ4n) is 3.98. The van der Waals surface area contributed by atoms with Gasteiger partial charge in [-0.05, 0) is 36.8 Å². The minimum absolute atomic E-state index is 0.0652. The lowest BCUT2D eigenvalue weighted by atomic mass is 9.85. The maximum Gasteiger partial charge on any atom is 0.404 e. The molecular weight excluding hydrogens is 446 g/mol. The molecule has 0 aliphatic rings. The molecule has 2 heterocycles. The maximum atomic E-state index is 11.8. The van der Waals surface area contributed by atoms with Crippen LogP contribution in [0.15, 0.2) is 30.5 Å². The molecule has 9 heteroatoms. The molecule has 0 bridgehead atoms.